The topological polar surface area (TPSA) is 3.24 Å². The van der Waals surface area contributed by atoms with Crippen LogP contribution < -0.4 is 0 Å². The van der Waals surface area contributed by atoms with Gasteiger partial charge in [-0.1, -0.05) is 19.1 Å². The van der Waals surface area contributed by atoms with Crippen molar-refractivity contribution in [1.82, 2.24) is 4.90 Å². The fourth-order valence-corrected chi connectivity index (χ4v) is 3.27. The van der Waals surface area contributed by atoms with Crippen molar-refractivity contribution in [3.63, 3.8) is 0 Å². The molecular weight excluding hydrogens is 190 g/mol. The molecule has 0 aromatic carbocycles. The van der Waals surface area contributed by atoms with Crippen molar-refractivity contribution in [3.8, 4) is 0 Å². The Labute approximate surface area is 91.2 Å². The molecule has 1 aliphatic heterocycles. The van der Waals surface area contributed by atoms with Gasteiger partial charge in [0.05, 0.1) is 11.9 Å². The molecule has 2 rings (SSSR count). The normalized spacial score (nSPS) is 32.9. The highest BCUT2D eigenvalue weighted by molar-refractivity contribution is 8.03. The molecular formula is C12H19NS. The zero-order valence-electron chi connectivity index (χ0n) is 9.29. The predicted octanol–water partition coefficient (Wildman–Crippen LogP) is 3.60. The van der Waals surface area contributed by atoms with E-state index >= 15 is 0 Å². The van der Waals surface area contributed by atoms with Crippen molar-refractivity contribution >= 4 is 11.8 Å². The Kier molecular flexibility index (Phi) is 2.91. The quantitative estimate of drug-likeness (QED) is 0.607. The summed E-state index contributed by atoms with van der Waals surface area (Å²) in [7, 11) is 0. The molecule has 78 valence electrons. The van der Waals surface area contributed by atoms with Crippen LogP contribution >= 0.6 is 11.8 Å². The Balaban J connectivity index is 2.15. The Morgan fingerprint density at radius 3 is 2.79 bits per heavy atom. The monoisotopic (exact) mass is 209 g/mol. The van der Waals surface area contributed by atoms with Gasteiger partial charge in [0.15, 0.2) is 0 Å². The van der Waals surface area contributed by atoms with Crippen LogP contribution in [-0.4, -0.2) is 16.8 Å². The van der Waals surface area contributed by atoms with Crippen LogP contribution in [0.25, 0.3) is 0 Å². The zero-order valence-corrected chi connectivity index (χ0v) is 10.1. The molecule has 0 spiro atoms. The highest BCUT2D eigenvalue weighted by atomic mass is 32.2. The molecule has 0 fully saturated rings. The summed E-state index contributed by atoms with van der Waals surface area (Å²) in [6.07, 6.45) is 7.35. The second-order valence-corrected chi connectivity index (χ2v) is 5.52. The Bertz CT molecular complexity index is 280. The van der Waals surface area contributed by atoms with E-state index in [9.17, 15) is 0 Å². The first-order chi connectivity index (χ1) is 6.70. The van der Waals surface area contributed by atoms with Crippen molar-refractivity contribution < 1.29 is 0 Å². The molecule has 14 heavy (non-hydrogen) atoms. The van der Waals surface area contributed by atoms with Gasteiger partial charge >= 0.3 is 0 Å². The second kappa shape index (κ2) is 4.01. The van der Waals surface area contributed by atoms with Crippen LogP contribution in [0.1, 0.15) is 33.6 Å². The van der Waals surface area contributed by atoms with Crippen LogP contribution in [0.3, 0.4) is 0 Å². The van der Waals surface area contributed by atoms with Crippen LogP contribution in [0, 0.1) is 5.92 Å². The summed E-state index contributed by atoms with van der Waals surface area (Å²) >= 11 is 1.98. The van der Waals surface area contributed by atoms with Crippen molar-refractivity contribution in [2.45, 2.75) is 39.7 Å². The zero-order chi connectivity index (χ0) is 10.1. The predicted molar refractivity (Wildman–Crippen MR) is 64.0 cm³/mol. The van der Waals surface area contributed by atoms with Gasteiger partial charge in [0.1, 0.15) is 0 Å². The molecule has 0 aromatic heterocycles. The first-order valence-corrected chi connectivity index (χ1v) is 6.42. The smallest absolute Gasteiger partial charge is 0.0686 e. The molecule has 0 aromatic rings. The number of hydrogen-bond donors (Lipinski definition) is 0. The molecule has 0 saturated heterocycles. The minimum absolute atomic E-state index is 0.647. The fraction of sp³-hybridized carbons (Fsp3) is 0.667. The van der Waals surface area contributed by atoms with Crippen LogP contribution in [0.4, 0.5) is 0 Å². The van der Waals surface area contributed by atoms with Gasteiger partial charge in [-0.15, -0.1) is 11.8 Å². The molecule has 2 aliphatic rings. The minimum atomic E-state index is 0.647. The summed E-state index contributed by atoms with van der Waals surface area (Å²) in [5.74, 6) is 1.96. The maximum absolute atomic E-state index is 2.56. The van der Waals surface area contributed by atoms with Gasteiger partial charge in [-0.05, 0) is 32.6 Å². The maximum Gasteiger partial charge on any atom is 0.0686 e. The first kappa shape index (κ1) is 10.2. The third-order valence-electron chi connectivity index (χ3n) is 3.43. The van der Waals surface area contributed by atoms with Gasteiger partial charge < -0.3 is 4.90 Å². The van der Waals surface area contributed by atoms with Crippen molar-refractivity contribution in [1.29, 1.82) is 0 Å². The van der Waals surface area contributed by atoms with Crippen LogP contribution in [-0.2, 0) is 0 Å². The van der Waals surface area contributed by atoms with Gasteiger partial charge in [0, 0.05) is 10.6 Å². The van der Waals surface area contributed by atoms with Crippen LogP contribution in [0.15, 0.2) is 22.8 Å². The van der Waals surface area contributed by atoms with Crippen LogP contribution in [0.5, 0.6) is 0 Å². The van der Waals surface area contributed by atoms with E-state index in [2.05, 4.69) is 37.8 Å². The molecule has 0 radical (unpaired) electrons. The molecule has 0 amide bonds. The number of rotatable bonds is 1. The standard InChI is InChI=1S/C12H19NS/c1-9-6-4-5-7-12(9)13-8-14-11(3)10(13)2/h5,7,9,12H,4,6,8H2,1-3H3/t9-,12+/m1/s1. The lowest BCUT2D eigenvalue weighted by molar-refractivity contribution is 0.252. The van der Waals surface area contributed by atoms with Gasteiger partial charge in [-0.25, -0.2) is 0 Å². The first-order valence-electron chi connectivity index (χ1n) is 5.43. The van der Waals surface area contributed by atoms with E-state index in [1.807, 2.05) is 11.8 Å². The van der Waals surface area contributed by atoms with E-state index in [0.717, 1.165) is 11.8 Å². The Morgan fingerprint density at radius 2 is 2.21 bits per heavy atom. The number of allylic oxidation sites excluding steroid dienone is 3. The fourth-order valence-electron chi connectivity index (χ4n) is 2.25. The average Bonchev–Trinajstić information content (AvgIpc) is 2.49. The summed E-state index contributed by atoms with van der Waals surface area (Å²) in [4.78, 5) is 4.05. The summed E-state index contributed by atoms with van der Waals surface area (Å²) in [6.45, 7) is 6.86. The summed E-state index contributed by atoms with van der Waals surface area (Å²) in [6, 6.07) is 0.647. The molecule has 0 saturated carbocycles. The molecule has 1 nitrogen and oxygen atoms in total. The molecule has 0 unspecified atom stereocenters. The number of hydrogen-bond acceptors (Lipinski definition) is 2. The molecule has 0 N–H and O–H groups in total. The molecule has 2 heteroatoms. The van der Waals surface area contributed by atoms with E-state index in [4.69, 9.17) is 0 Å². The SMILES string of the molecule is CC1=C(C)N([C@H]2C=CCC[C@H]2C)CS1. The second-order valence-electron chi connectivity index (χ2n) is 4.36. The molecule has 2 atom stereocenters. The summed E-state index contributed by atoms with van der Waals surface area (Å²) in [5, 5.41) is 0. The van der Waals surface area contributed by atoms with Crippen molar-refractivity contribution in [3.05, 3.63) is 22.8 Å². The van der Waals surface area contributed by atoms with Gasteiger partial charge in [-0.2, -0.15) is 0 Å². The van der Waals surface area contributed by atoms with Gasteiger partial charge in [-0.3, -0.25) is 0 Å². The molecule has 1 aliphatic carbocycles. The van der Waals surface area contributed by atoms with Gasteiger partial charge in [0.25, 0.3) is 0 Å². The summed E-state index contributed by atoms with van der Waals surface area (Å²) < 4.78 is 0. The molecule has 0 bridgehead atoms. The minimum Gasteiger partial charge on any atom is -0.358 e. The van der Waals surface area contributed by atoms with E-state index in [0.29, 0.717) is 6.04 Å². The van der Waals surface area contributed by atoms with E-state index in [1.54, 1.807) is 0 Å². The highest BCUT2D eigenvalue weighted by Gasteiger charge is 2.28. The van der Waals surface area contributed by atoms with Crippen LogP contribution in [0.2, 0.25) is 0 Å². The van der Waals surface area contributed by atoms with E-state index in [-0.39, 0.29) is 0 Å². The Morgan fingerprint density at radius 1 is 1.43 bits per heavy atom. The molecule has 1 heterocycles. The van der Waals surface area contributed by atoms with Gasteiger partial charge in [0.2, 0.25) is 0 Å². The van der Waals surface area contributed by atoms with Crippen molar-refractivity contribution in [2.24, 2.45) is 5.92 Å². The van der Waals surface area contributed by atoms with E-state index < -0.39 is 0 Å². The maximum atomic E-state index is 2.56. The lowest BCUT2D eigenvalue weighted by Gasteiger charge is -2.34. The Hall–Kier alpha value is -0.370. The highest BCUT2D eigenvalue weighted by Crippen LogP contribution is 2.36. The summed E-state index contributed by atoms with van der Waals surface area (Å²) in [5.41, 5.74) is 1.48. The lowest BCUT2D eigenvalue weighted by atomic mass is 9.90. The van der Waals surface area contributed by atoms with E-state index in [1.165, 1.54) is 23.4 Å². The number of nitrogens with zero attached hydrogens (tertiary/aromatic N) is 1. The average molecular weight is 209 g/mol. The lowest BCUT2D eigenvalue weighted by Crippen LogP contribution is -2.36. The number of thioether (sulfide) groups is 1. The van der Waals surface area contributed by atoms with Crippen molar-refractivity contribution in [2.75, 3.05) is 5.88 Å². The third-order valence-corrected chi connectivity index (χ3v) is 4.56. The largest absolute Gasteiger partial charge is 0.358 e. The third kappa shape index (κ3) is 1.72.